The van der Waals surface area contributed by atoms with E-state index in [1.165, 1.54) is 13.2 Å². The van der Waals surface area contributed by atoms with Crippen LogP contribution in [0.5, 0.6) is 17.2 Å². The van der Waals surface area contributed by atoms with Crippen molar-refractivity contribution >= 4 is 30.0 Å². The minimum absolute atomic E-state index is 0.0798. The minimum atomic E-state index is -0.582. The molecule has 0 fully saturated rings. The molecule has 0 N–H and O–H groups in total. The number of carbonyl (C=O) groups excluding carboxylic acids is 4. The van der Waals surface area contributed by atoms with E-state index in [4.69, 9.17) is 23.7 Å². The Morgan fingerprint density at radius 3 is 1.82 bits per heavy atom. The fraction of sp³-hybridized carbons (Fsp3) is 0.353. The van der Waals surface area contributed by atoms with Crippen molar-refractivity contribution in [2.75, 3.05) is 33.5 Å². The number of ether oxygens (including phenoxy) is 6. The van der Waals surface area contributed by atoms with E-state index < -0.39 is 23.9 Å². The van der Waals surface area contributed by atoms with Crippen LogP contribution in [-0.4, -0.2) is 57.4 Å². The lowest BCUT2D eigenvalue weighted by molar-refractivity contribution is -0.144. The molecule has 0 saturated heterocycles. The maximum absolute atomic E-state index is 12.2. The second-order valence-electron chi connectivity index (χ2n) is 9.48. The van der Waals surface area contributed by atoms with Crippen molar-refractivity contribution in [2.24, 2.45) is 0 Å². The highest BCUT2D eigenvalue weighted by atomic mass is 16.5. The highest BCUT2D eigenvalue weighted by molar-refractivity contribution is 5.93. The van der Waals surface area contributed by atoms with Crippen LogP contribution in [0.4, 0.5) is 0 Å². The molecule has 0 unspecified atom stereocenters. The third-order valence-electron chi connectivity index (χ3n) is 5.97. The molecule has 236 valence electrons. The van der Waals surface area contributed by atoms with Gasteiger partial charge in [-0.1, -0.05) is 25.3 Å². The van der Waals surface area contributed by atoms with E-state index in [-0.39, 0.29) is 18.6 Å². The Morgan fingerprint density at radius 2 is 1.20 bits per heavy atom. The molecule has 0 aliphatic carbocycles. The van der Waals surface area contributed by atoms with Crippen molar-refractivity contribution in [3.8, 4) is 17.2 Å². The molecular weight excluding hydrogens is 568 g/mol. The molecule has 0 bridgehead atoms. The molecule has 44 heavy (non-hydrogen) atoms. The van der Waals surface area contributed by atoms with E-state index in [0.29, 0.717) is 44.2 Å². The maximum atomic E-state index is 12.2. The lowest BCUT2D eigenvalue weighted by atomic mass is 10.2. The van der Waals surface area contributed by atoms with Gasteiger partial charge in [-0.3, -0.25) is 4.79 Å². The van der Waals surface area contributed by atoms with Crippen LogP contribution in [0.3, 0.4) is 0 Å². The number of carbonyl (C=O) groups is 4. The van der Waals surface area contributed by atoms with Gasteiger partial charge in [0.1, 0.15) is 17.2 Å². The topological polar surface area (TPSA) is 124 Å². The van der Waals surface area contributed by atoms with Crippen molar-refractivity contribution < 1.29 is 47.6 Å². The average Bonchev–Trinajstić information content (AvgIpc) is 3.03. The molecule has 0 aliphatic rings. The van der Waals surface area contributed by atoms with Gasteiger partial charge in [0.05, 0.1) is 40.0 Å². The Balaban J connectivity index is 1.57. The zero-order chi connectivity index (χ0) is 32.0. The van der Waals surface area contributed by atoms with Crippen LogP contribution in [0.1, 0.15) is 50.5 Å². The summed E-state index contributed by atoms with van der Waals surface area (Å²) in [6.45, 7) is 8.49. The number of hydrogen-bond donors (Lipinski definition) is 0. The normalized spacial score (nSPS) is 10.5. The van der Waals surface area contributed by atoms with Gasteiger partial charge >= 0.3 is 23.9 Å². The SMILES string of the molecule is C=CC(=O)OCCCCOc1ccc(OC(=O)/C=C/c2ccc(OCCCCCCOC(=O)C(=C)CC(=O)OC)cc2)cc1. The van der Waals surface area contributed by atoms with Crippen LogP contribution < -0.4 is 14.2 Å². The fourth-order valence-electron chi connectivity index (χ4n) is 3.55. The Kier molecular flexibility index (Phi) is 16.8. The summed E-state index contributed by atoms with van der Waals surface area (Å²) < 4.78 is 31.2. The van der Waals surface area contributed by atoms with Crippen LogP contribution in [0.2, 0.25) is 0 Å². The van der Waals surface area contributed by atoms with Crippen molar-refractivity contribution in [2.45, 2.75) is 44.9 Å². The molecule has 10 nitrogen and oxygen atoms in total. The van der Waals surface area contributed by atoms with E-state index in [0.717, 1.165) is 43.1 Å². The first kappa shape index (κ1) is 35.3. The first-order valence-corrected chi connectivity index (χ1v) is 14.4. The van der Waals surface area contributed by atoms with Gasteiger partial charge in [-0.2, -0.15) is 0 Å². The summed E-state index contributed by atoms with van der Waals surface area (Å²) in [6.07, 6.45) is 8.71. The van der Waals surface area contributed by atoms with Crippen LogP contribution in [0.15, 0.2) is 79.4 Å². The molecule has 2 aromatic carbocycles. The summed E-state index contributed by atoms with van der Waals surface area (Å²) in [5.74, 6) is -0.286. The Labute approximate surface area is 258 Å². The Bertz CT molecular complexity index is 1250. The predicted molar refractivity (Wildman–Crippen MR) is 164 cm³/mol. The zero-order valence-electron chi connectivity index (χ0n) is 25.1. The lowest BCUT2D eigenvalue weighted by Crippen LogP contribution is -2.12. The van der Waals surface area contributed by atoms with Crippen LogP contribution in [0.25, 0.3) is 6.08 Å². The molecule has 0 amide bonds. The third-order valence-corrected chi connectivity index (χ3v) is 5.97. The smallest absolute Gasteiger partial charge is 0.336 e. The van der Waals surface area contributed by atoms with Crippen molar-refractivity contribution in [1.29, 1.82) is 0 Å². The van der Waals surface area contributed by atoms with Gasteiger partial charge < -0.3 is 28.4 Å². The van der Waals surface area contributed by atoms with Crippen molar-refractivity contribution in [3.63, 3.8) is 0 Å². The maximum Gasteiger partial charge on any atom is 0.336 e. The Hall–Kier alpha value is -4.86. The Morgan fingerprint density at radius 1 is 0.682 bits per heavy atom. The number of benzene rings is 2. The largest absolute Gasteiger partial charge is 0.494 e. The van der Waals surface area contributed by atoms with E-state index in [1.54, 1.807) is 30.3 Å². The van der Waals surface area contributed by atoms with Gasteiger partial charge in [0.25, 0.3) is 0 Å². The van der Waals surface area contributed by atoms with Gasteiger partial charge in [-0.05, 0) is 86.6 Å². The molecule has 2 rings (SSSR count). The van der Waals surface area contributed by atoms with Crippen molar-refractivity contribution in [3.05, 3.63) is 85.0 Å². The summed E-state index contributed by atoms with van der Waals surface area (Å²) in [7, 11) is 1.25. The van der Waals surface area contributed by atoms with Crippen LogP contribution in [0, 0.1) is 0 Å². The number of methoxy groups -OCH3 is 1. The number of esters is 4. The first-order valence-electron chi connectivity index (χ1n) is 14.4. The molecule has 2 aromatic rings. The summed E-state index contributed by atoms with van der Waals surface area (Å²) in [6, 6.07) is 14.1. The molecule has 0 aliphatic heterocycles. The average molecular weight is 609 g/mol. The van der Waals surface area contributed by atoms with Gasteiger partial charge in [0.2, 0.25) is 0 Å². The monoisotopic (exact) mass is 608 g/mol. The predicted octanol–water partition coefficient (Wildman–Crippen LogP) is 5.80. The van der Waals surface area contributed by atoms with Crippen molar-refractivity contribution in [1.82, 2.24) is 0 Å². The van der Waals surface area contributed by atoms with Crippen LogP contribution in [-0.2, 0) is 33.4 Å². The number of unbranched alkanes of at least 4 members (excludes halogenated alkanes) is 4. The van der Waals surface area contributed by atoms with Gasteiger partial charge in [0, 0.05) is 17.7 Å². The molecule has 0 heterocycles. The van der Waals surface area contributed by atoms with E-state index >= 15 is 0 Å². The summed E-state index contributed by atoms with van der Waals surface area (Å²) in [5, 5.41) is 0. The second-order valence-corrected chi connectivity index (χ2v) is 9.48. The highest BCUT2D eigenvalue weighted by Gasteiger charge is 2.13. The quantitative estimate of drug-likeness (QED) is 0.0565. The van der Waals surface area contributed by atoms with E-state index in [1.807, 2.05) is 24.3 Å². The molecule has 0 aromatic heterocycles. The molecule has 0 atom stereocenters. The van der Waals surface area contributed by atoms with E-state index in [2.05, 4.69) is 17.9 Å². The summed E-state index contributed by atoms with van der Waals surface area (Å²) in [5.41, 5.74) is 0.900. The molecule has 0 radical (unpaired) electrons. The van der Waals surface area contributed by atoms with Gasteiger partial charge in [-0.15, -0.1) is 0 Å². The lowest BCUT2D eigenvalue weighted by Gasteiger charge is -2.08. The first-order chi connectivity index (χ1) is 21.3. The molecule has 10 heteroatoms. The van der Waals surface area contributed by atoms with Crippen LogP contribution >= 0.6 is 0 Å². The standard InChI is InChI=1S/C34H40O10/c1-4-31(35)42-23-10-9-22-41-29-16-18-30(19-17-29)44-32(36)20-13-27-11-14-28(15-12-27)40-21-7-5-6-8-24-43-34(38)26(2)25-33(37)39-3/h4,11-20H,1-2,5-10,21-25H2,3H3/b20-13+. The van der Waals surface area contributed by atoms with Gasteiger partial charge in [0.15, 0.2) is 0 Å². The molecule has 0 saturated carbocycles. The molecule has 0 spiro atoms. The second kappa shape index (κ2) is 20.9. The fourth-order valence-corrected chi connectivity index (χ4v) is 3.55. The number of hydrogen-bond acceptors (Lipinski definition) is 10. The minimum Gasteiger partial charge on any atom is -0.494 e. The zero-order valence-corrected chi connectivity index (χ0v) is 25.1. The summed E-state index contributed by atoms with van der Waals surface area (Å²) in [4.78, 5) is 46.1. The third kappa shape index (κ3) is 15.4. The van der Waals surface area contributed by atoms with Gasteiger partial charge in [-0.25, -0.2) is 14.4 Å². The molecular formula is C34H40O10. The number of rotatable bonds is 21. The highest BCUT2D eigenvalue weighted by Crippen LogP contribution is 2.19. The summed E-state index contributed by atoms with van der Waals surface area (Å²) >= 11 is 0. The van der Waals surface area contributed by atoms with E-state index in [9.17, 15) is 19.2 Å².